The number of halogens is 5. The van der Waals surface area contributed by atoms with Gasteiger partial charge in [0.2, 0.25) is 23.3 Å². The minimum absolute atomic E-state index is 0.0931. The number of carbonyl (C=O) groups is 1. The van der Waals surface area contributed by atoms with Crippen LogP contribution in [0.15, 0.2) is 33.8 Å². The second-order valence-corrected chi connectivity index (χ2v) is 11.4. The maximum atomic E-state index is 14.0. The molecule has 46 heavy (non-hydrogen) atoms. The quantitative estimate of drug-likeness (QED) is 0.291. The summed E-state index contributed by atoms with van der Waals surface area (Å²) in [6, 6.07) is 1.59. The monoisotopic (exact) mass is 682 g/mol. The number of ether oxygens (including phenoxy) is 1. The Balaban J connectivity index is 1.38. The summed E-state index contributed by atoms with van der Waals surface area (Å²) in [6.07, 6.45) is -0.913. The molecule has 0 radical (unpaired) electrons. The standard InChI is InChI=1S/C28H27Cl2F3N8O5/c1-2-20-23(38-5-7-39(8-6-38)25-21(42)14-46-37-25)26(44)41-27(35-24(36-41)15-3-9-45-10-4-15)40(20)13-22(43)34-19-12-17(29)16(11-18(19)30)28(31,32)33/h3,11-12,14,42H,2,4-10,13H2,1H3,(H,34,43). The third-order valence-corrected chi connectivity index (χ3v) is 8.40. The van der Waals surface area contributed by atoms with Gasteiger partial charge in [0.05, 0.1) is 40.2 Å². The molecule has 0 spiro atoms. The van der Waals surface area contributed by atoms with Gasteiger partial charge in [-0.15, -0.1) is 5.10 Å². The highest BCUT2D eigenvalue weighted by molar-refractivity contribution is 6.36. The van der Waals surface area contributed by atoms with Gasteiger partial charge in [0.25, 0.3) is 5.56 Å². The zero-order valence-electron chi connectivity index (χ0n) is 24.3. The molecule has 0 saturated carbocycles. The van der Waals surface area contributed by atoms with Gasteiger partial charge in [0.15, 0.2) is 12.1 Å². The van der Waals surface area contributed by atoms with Crippen molar-refractivity contribution in [2.24, 2.45) is 0 Å². The molecule has 3 aromatic heterocycles. The summed E-state index contributed by atoms with van der Waals surface area (Å²) in [5, 5.41) is 20.0. The maximum absolute atomic E-state index is 14.0. The van der Waals surface area contributed by atoms with E-state index in [2.05, 4.69) is 20.6 Å². The Morgan fingerprint density at radius 2 is 1.87 bits per heavy atom. The third kappa shape index (κ3) is 5.99. The van der Waals surface area contributed by atoms with Gasteiger partial charge in [0.1, 0.15) is 12.2 Å². The van der Waals surface area contributed by atoms with Crippen LogP contribution in [0, 0.1) is 0 Å². The van der Waals surface area contributed by atoms with Crippen LogP contribution in [0.5, 0.6) is 5.75 Å². The van der Waals surface area contributed by atoms with Crippen molar-refractivity contribution in [2.45, 2.75) is 32.5 Å². The molecule has 2 N–H and O–H groups in total. The normalized spacial score (nSPS) is 15.8. The molecule has 0 bridgehead atoms. The number of rotatable bonds is 7. The number of anilines is 3. The van der Waals surface area contributed by atoms with Crippen molar-refractivity contribution in [1.82, 2.24) is 24.3 Å². The van der Waals surface area contributed by atoms with E-state index in [-0.39, 0.29) is 28.8 Å². The predicted octanol–water partition coefficient (Wildman–Crippen LogP) is 4.24. The second kappa shape index (κ2) is 12.5. The smallest absolute Gasteiger partial charge is 0.417 e. The summed E-state index contributed by atoms with van der Waals surface area (Å²) < 4.78 is 52.9. The number of benzene rings is 1. The van der Waals surface area contributed by atoms with Crippen LogP contribution < -0.4 is 20.7 Å². The fourth-order valence-electron chi connectivity index (χ4n) is 5.58. The molecule has 244 valence electrons. The highest BCUT2D eigenvalue weighted by Gasteiger charge is 2.34. The summed E-state index contributed by atoms with van der Waals surface area (Å²) >= 11 is 12.0. The van der Waals surface area contributed by atoms with Crippen LogP contribution >= 0.6 is 23.2 Å². The maximum Gasteiger partial charge on any atom is 0.417 e. The topological polar surface area (TPSA) is 143 Å². The van der Waals surface area contributed by atoms with Gasteiger partial charge >= 0.3 is 6.18 Å². The Labute approximate surface area is 268 Å². The fourth-order valence-corrected chi connectivity index (χ4v) is 6.06. The van der Waals surface area contributed by atoms with Gasteiger partial charge < -0.3 is 34.1 Å². The number of amides is 1. The first-order valence-electron chi connectivity index (χ1n) is 14.2. The highest BCUT2D eigenvalue weighted by atomic mass is 35.5. The van der Waals surface area contributed by atoms with Crippen LogP contribution in [-0.2, 0) is 28.7 Å². The molecule has 1 amide bonds. The van der Waals surface area contributed by atoms with Crippen LogP contribution in [0.3, 0.4) is 0 Å². The lowest BCUT2D eigenvalue weighted by atomic mass is 10.1. The average Bonchev–Trinajstić information content (AvgIpc) is 3.67. The highest BCUT2D eigenvalue weighted by Crippen LogP contribution is 2.39. The molecule has 6 rings (SSSR count). The number of alkyl halides is 3. The molecular weight excluding hydrogens is 656 g/mol. The number of nitrogens with zero attached hydrogens (tertiary/aromatic N) is 7. The molecule has 0 aliphatic carbocycles. The van der Waals surface area contributed by atoms with Crippen molar-refractivity contribution in [2.75, 3.05) is 54.5 Å². The third-order valence-electron chi connectivity index (χ3n) is 7.78. The number of hydrogen-bond acceptors (Lipinski definition) is 10. The SMILES string of the molecule is CCc1c(N2CCN(c3nocc3O)CC2)c(=O)n2nc(C3=CCOCC3)nc2n1CC(=O)Nc1cc(Cl)c(C(F)(F)F)cc1Cl. The molecule has 18 heteroatoms. The first-order chi connectivity index (χ1) is 22.0. The summed E-state index contributed by atoms with van der Waals surface area (Å²) in [4.78, 5) is 35.8. The molecular formula is C28H27Cl2F3N8O5. The Bertz CT molecular complexity index is 1900. The van der Waals surface area contributed by atoms with Crippen LogP contribution in [0.2, 0.25) is 10.0 Å². The Kier molecular flexibility index (Phi) is 8.60. The number of hydrogen-bond donors (Lipinski definition) is 2. The molecule has 1 saturated heterocycles. The van der Waals surface area contributed by atoms with Crippen LogP contribution in [-0.4, -0.2) is 74.7 Å². The number of aromatic hydroxyl groups is 1. The van der Waals surface area contributed by atoms with Gasteiger partial charge in [-0.05, 0) is 30.5 Å². The molecule has 1 aromatic carbocycles. The lowest BCUT2D eigenvalue weighted by Gasteiger charge is -2.36. The van der Waals surface area contributed by atoms with E-state index in [1.807, 2.05) is 22.8 Å². The molecule has 4 aromatic rings. The molecule has 13 nitrogen and oxygen atoms in total. The zero-order valence-corrected chi connectivity index (χ0v) is 25.8. The van der Waals surface area contributed by atoms with Crippen LogP contribution in [0.25, 0.3) is 11.4 Å². The number of aromatic nitrogens is 5. The number of fused-ring (bicyclic) bond motifs is 1. The van der Waals surface area contributed by atoms with E-state index < -0.39 is 28.2 Å². The van der Waals surface area contributed by atoms with E-state index in [1.54, 1.807) is 4.57 Å². The van der Waals surface area contributed by atoms with Crippen molar-refractivity contribution >= 4 is 57.7 Å². The van der Waals surface area contributed by atoms with Gasteiger partial charge in [-0.2, -0.15) is 22.7 Å². The summed E-state index contributed by atoms with van der Waals surface area (Å²) in [5.74, 6) is -0.00866. The van der Waals surface area contributed by atoms with E-state index in [4.69, 9.17) is 32.5 Å². The van der Waals surface area contributed by atoms with E-state index in [9.17, 15) is 27.9 Å². The summed E-state index contributed by atoms with van der Waals surface area (Å²) in [5.41, 5.74) is -0.0553. The fraction of sp³-hybridized carbons (Fsp3) is 0.393. The van der Waals surface area contributed by atoms with Crippen molar-refractivity contribution < 1.29 is 32.3 Å². The van der Waals surface area contributed by atoms with Gasteiger partial charge in [0, 0.05) is 26.2 Å². The summed E-state index contributed by atoms with van der Waals surface area (Å²) in [6.45, 7) is 3.84. The number of piperazine rings is 1. The molecule has 5 heterocycles. The van der Waals surface area contributed by atoms with Gasteiger partial charge in [-0.3, -0.25) is 9.59 Å². The van der Waals surface area contributed by atoms with E-state index in [0.29, 0.717) is 81.3 Å². The van der Waals surface area contributed by atoms with Crippen LogP contribution in [0.1, 0.15) is 30.4 Å². The van der Waals surface area contributed by atoms with Crippen molar-refractivity contribution in [1.29, 1.82) is 0 Å². The molecule has 1 fully saturated rings. The molecule has 2 aliphatic heterocycles. The minimum Gasteiger partial charge on any atom is -0.502 e. The largest absolute Gasteiger partial charge is 0.502 e. The molecule has 2 aliphatic rings. The van der Waals surface area contributed by atoms with Crippen molar-refractivity contribution in [3.8, 4) is 5.75 Å². The first kappa shape index (κ1) is 31.7. The Hall–Kier alpha value is -4.28. The molecule has 0 atom stereocenters. The van der Waals surface area contributed by atoms with Crippen LogP contribution in [0.4, 0.5) is 30.4 Å². The summed E-state index contributed by atoms with van der Waals surface area (Å²) in [7, 11) is 0. The Morgan fingerprint density at radius 3 is 2.50 bits per heavy atom. The van der Waals surface area contributed by atoms with Crippen molar-refractivity contribution in [3.05, 3.63) is 62.0 Å². The van der Waals surface area contributed by atoms with E-state index in [1.165, 1.54) is 0 Å². The first-order valence-corrected chi connectivity index (χ1v) is 15.0. The minimum atomic E-state index is -4.73. The predicted molar refractivity (Wildman–Crippen MR) is 163 cm³/mol. The van der Waals surface area contributed by atoms with Gasteiger partial charge in [-0.25, -0.2) is 0 Å². The lowest BCUT2D eigenvalue weighted by Crippen LogP contribution is -2.49. The van der Waals surface area contributed by atoms with Crippen molar-refractivity contribution in [3.63, 3.8) is 0 Å². The number of nitrogens with one attached hydrogen (secondary N) is 1. The average molecular weight is 683 g/mol. The van der Waals surface area contributed by atoms with Gasteiger partial charge in [-0.1, -0.05) is 41.4 Å². The number of carbonyl (C=O) groups excluding carboxylic acids is 1. The van der Waals surface area contributed by atoms with E-state index >= 15 is 0 Å². The lowest BCUT2D eigenvalue weighted by molar-refractivity contribution is -0.137. The second-order valence-electron chi connectivity index (χ2n) is 10.6. The Morgan fingerprint density at radius 1 is 1.13 bits per heavy atom. The zero-order chi connectivity index (χ0) is 32.7. The molecule has 0 unspecified atom stereocenters. The van der Waals surface area contributed by atoms with E-state index in [0.717, 1.165) is 22.4 Å².